The zero-order chi connectivity index (χ0) is 18.8. The molecule has 2 aromatic rings. The summed E-state index contributed by atoms with van der Waals surface area (Å²) in [6.07, 6.45) is 6.00. The number of carbonyl (C=O) groups is 1. The zero-order valence-electron chi connectivity index (χ0n) is 15.2. The normalized spacial score (nSPS) is 12.1. The lowest BCUT2D eigenvalue weighted by Crippen LogP contribution is -2.29. The van der Waals surface area contributed by atoms with E-state index in [4.69, 9.17) is 0 Å². The molecule has 0 fully saturated rings. The molecule has 1 aromatic heterocycles. The highest BCUT2D eigenvalue weighted by Crippen LogP contribution is 2.12. The van der Waals surface area contributed by atoms with Crippen LogP contribution in [0.15, 0.2) is 66.6 Å². The molecule has 0 aliphatic carbocycles. The molecular formula is C21H24N4O. The Morgan fingerprint density at radius 1 is 1.27 bits per heavy atom. The SMILES string of the molecule is CCN(/C=C(/C#N)C(=O)NC(C)c1ccccc1)CCc1ccncc1. The maximum atomic E-state index is 12.4. The van der Waals surface area contributed by atoms with Gasteiger partial charge in [-0.15, -0.1) is 0 Å². The number of likely N-dealkylation sites (N-methyl/N-ethyl adjacent to an activating group) is 1. The first-order valence-corrected chi connectivity index (χ1v) is 8.74. The van der Waals surface area contributed by atoms with Gasteiger partial charge in [-0.05, 0) is 43.5 Å². The third-order valence-corrected chi connectivity index (χ3v) is 4.17. The Balaban J connectivity index is 1.99. The molecule has 1 amide bonds. The second kappa shape index (κ2) is 10.00. The minimum atomic E-state index is -0.355. The van der Waals surface area contributed by atoms with E-state index in [2.05, 4.69) is 10.3 Å². The first kappa shape index (κ1) is 19.2. The molecule has 0 bridgehead atoms. The molecule has 5 heteroatoms. The fourth-order valence-corrected chi connectivity index (χ4v) is 2.56. The Labute approximate surface area is 155 Å². The number of amides is 1. The summed E-state index contributed by atoms with van der Waals surface area (Å²) in [5.74, 6) is -0.355. The van der Waals surface area contributed by atoms with Crippen molar-refractivity contribution in [3.8, 4) is 6.07 Å². The quantitative estimate of drug-likeness (QED) is 0.587. The van der Waals surface area contributed by atoms with Gasteiger partial charge in [0.05, 0.1) is 6.04 Å². The van der Waals surface area contributed by atoms with Gasteiger partial charge in [0.15, 0.2) is 0 Å². The molecule has 26 heavy (non-hydrogen) atoms. The molecule has 0 aliphatic rings. The molecule has 0 radical (unpaired) electrons. The van der Waals surface area contributed by atoms with Crippen molar-refractivity contribution in [2.75, 3.05) is 13.1 Å². The number of nitriles is 1. The van der Waals surface area contributed by atoms with E-state index in [0.29, 0.717) is 0 Å². The number of carbonyl (C=O) groups excluding carboxylic acids is 1. The molecule has 134 valence electrons. The van der Waals surface area contributed by atoms with Gasteiger partial charge in [0.2, 0.25) is 0 Å². The summed E-state index contributed by atoms with van der Waals surface area (Å²) in [4.78, 5) is 18.4. The van der Waals surface area contributed by atoms with Gasteiger partial charge in [0.1, 0.15) is 11.6 Å². The molecule has 5 nitrogen and oxygen atoms in total. The Hall–Kier alpha value is -3.13. The Bertz CT molecular complexity index is 766. The number of hydrogen-bond donors (Lipinski definition) is 1. The molecule has 0 aliphatic heterocycles. The second-order valence-electron chi connectivity index (χ2n) is 5.99. The second-order valence-corrected chi connectivity index (χ2v) is 5.99. The van der Waals surface area contributed by atoms with Crippen LogP contribution in [-0.2, 0) is 11.2 Å². The Morgan fingerprint density at radius 2 is 1.96 bits per heavy atom. The minimum absolute atomic E-state index is 0.115. The molecule has 1 heterocycles. The molecular weight excluding hydrogens is 324 g/mol. The van der Waals surface area contributed by atoms with E-state index in [0.717, 1.165) is 25.1 Å². The largest absolute Gasteiger partial charge is 0.376 e. The number of aromatic nitrogens is 1. The molecule has 2 rings (SSSR count). The van der Waals surface area contributed by atoms with E-state index < -0.39 is 0 Å². The molecule has 1 unspecified atom stereocenters. The summed E-state index contributed by atoms with van der Waals surface area (Å²) in [6, 6.07) is 15.5. The van der Waals surface area contributed by atoms with Crippen molar-refractivity contribution in [2.45, 2.75) is 26.3 Å². The Kier molecular flexibility index (Phi) is 7.38. The van der Waals surface area contributed by atoms with Crippen molar-refractivity contribution in [3.05, 3.63) is 77.8 Å². The molecule has 0 saturated heterocycles. The van der Waals surface area contributed by atoms with Gasteiger partial charge in [-0.2, -0.15) is 5.26 Å². The van der Waals surface area contributed by atoms with Crippen LogP contribution >= 0.6 is 0 Å². The third kappa shape index (κ3) is 5.75. The van der Waals surface area contributed by atoms with E-state index in [1.54, 1.807) is 18.6 Å². The highest BCUT2D eigenvalue weighted by Gasteiger charge is 2.14. The topological polar surface area (TPSA) is 69.0 Å². The highest BCUT2D eigenvalue weighted by atomic mass is 16.1. The summed E-state index contributed by atoms with van der Waals surface area (Å²) in [6.45, 7) is 5.36. The van der Waals surface area contributed by atoms with Crippen molar-refractivity contribution in [1.29, 1.82) is 5.26 Å². The van der Waals surface area contributed by atoms with Crippen LogP contribution in [-0.4, -0.2) is 28.9 Å². The molecule has 0 saturated carbocycles. The van der Waals surface area contributed by atoms with E-state index in [1.807, 2.05) is 67.3 Å². The standard InChI is InChI=1S/C21H24N4O/c1-3-25(14-11-18-9-12-23-13-10-18)16-20(15-22)21(26)24-17(2)19-7-5-4-6-8-19/h4-10,12-13,16-17H,3,11,14H2,1-2H3,(H,24,26)/b20-16-. The van der Waals surface area contributed by atoms with Crippen molar-refractivity contribution < 1.29 is 4.79 Å². The van der Waals surface area contributed by atoms with Crippen LogP contribution in [0, 0.1) is 11.3 Å². The number of rotatable bonds is 8. The van der Waals surface area contributed by atoms with Crippen LogP contribution < -0.4 is 5.32 Å². The molecule has 1 aromatic carbocycles. The number of hydrogen-bond acceptors (Lipinski definition) is 4. The number of nitrogens with one attached hydrogen (secondary N) is 1. The summed E-state index contributed by atoms with van der Waals surface area (Å²) in [7, 11) is 0. The lowest BCUT2D eigenvalue weighted by atomic mass is 10.1. The van der Waals surface area contributed by atoms with E-state index in [-0.39, 0.29) is 17.5 Å². The lowest BCUT2D eigenvalue weighted by molar-refractivity contribution is -0.117. The van der Waals surface area contributed by atoms with Crippen molar-refractivity contribution >= 4 is 5.91 Å². The maximum absolute atomic E-state index is 12.4. The predicted molar refractivity (Wildman–Crippen MR) is 102 cm³/mol. The van der Waals surface area contributed by atoms with Crippen molar-refractivity contribution in [3.63, 3.8) is 0 Å². The molecule has 0 spiro atoms. The Morgan fingerprint density at radius 3 is 2.58 bits per heavy atom. The van der Waals surface area contributed by atoms with Gasteiger partial charge < -0.3 is 10.2 Å². The maximum Gasteiger partial charge on any atom is 0.263 e. The average Bonchev–Trinajstić information content (AvgIpc) is 2.69. The number of benzene rings is 1. The highest BCUT2D eigenvalue weighted by molar-refractivity contribution is 5.97. The van der Waals surface area contributed by atoms with Crippen LogP contribution in [0.2, 0.25) is 0 Å². The lowest BCUT2D eigenvalue weighted by Gasteiger charge is -2.19. The summed E-state index contributed by atoms with van der Waals surface area (Å²) < 4.78 is 0. The van der Waals surface area contributed by atoms with Crippen LogP contribution in [0.25, 0.3) is 0 Å². The first-order valence-electron chi connectivity index (χ1n) is 8.74. The van der Waals surface area contributed by atoms with E-state index >= 15 is 0 Å². The number of pyridine rings is 1. The van der Waals surface area contributed by atoms with Crippen molar-refractivity contribution in [1.82, 2.24) is 15.2 Å². The number of nitrogens with zero attached hydrogens (tertiary/aromatic N) is 3. The van der Waals surface area contributed by atoms with Crippen molar-refractivity contribution in [2.24, 2.45) is 0 Å². The summed E-state index contributed by atoms with van der Waals surface area (Å²) >= 11 is 0. The fourth-order valence-electron chi connectivity index (χ4n) is 2.56. The molecule has 1 atom stereocenters. The van der Waals surface area contributed by atoms with Gasteiger partial charge in [-0.3, -0.25) is 9.78 Å². The minimum Gasteiger partial charge on any atom is -0.376 e. The third-order valence-electron chi connectivity index (χ3n) is 4.17. The monoisotopic (exact) mass is 348 g/mol. The average molecular weight is 348 g/mol. The van der Waals surface area contributed by atoms with Gasteiger partial charge in [0.25, 0.3) is 5.91 Å². The summed E-state index contributed by atoms with van der Waals surface area (Å²) in [5.41, 5.74) is 2.29. The van der Waals surface area contributed by atoms with E-state index in [9.17, 15) is 10.1 Å². The molecule has 1 N–H and O–H groups in total. The first-order chi connectivity index (χ1) is 12.6. The smallest absolute Gasteiger partial charge is 0.263 e. The summed E-state index contributed by atoms with van der Waals surface area (Å²) in [5, 5.41) is 12.3. The predicted octanol–water partition coefficient (Wildman–Crippen LogP) is 3.23. The van der Waals surface area contributed by atoms with Gasteiger partial charge >= 0.3 is 0 Å². The van der Waals surface area contributed by atoms with Crippen LogP contribution in [0.3, 0.4) is 0 Å². The van der Waals surface area contributed by atoms with E-state index in [1.165, 1.54) is 5.56 Å². The van der Waals surface area contributed by atoms with Gasteiger partial charge in [-0.1, -0.05) is 30.3 Å². The van der Waals surface area contributed by atoms with Crippen LogP contribution in [0.5, 0.6) is 0 Å². The zero-order valence-corrected chi connectivity index (χ0v) is 15.2. The van der Waals surface area contributed by atoms with Gasteiger partial charge in [0, 0.05) is 31.7 Å². The van der Waals surface area contributed by atoms with Gasteiger partial charge in [-0.25, -0.2) is 0 Å². The van der Waals surface area contributed by atoms with Crippen LogP contribution in [0.4, 0.5) is 0 Å². The fraction of sp³-hybridized carbons (Fsp3) is 0.286. The van der Waals surface area contributed by atoms with Crippen LogP contribution in [0.1, 0.15) is 31.0 Å².